The molecule has 0 bridgehead atoms. The van der Waals surface area contributed by atoms with Crippen molar-refractivity contribution < 1.29 is 19.5 Å². The molecule has 0 saturated carbocycles. The third kappa shape index (κ3) is 9.32. The molecule has 1 aromatic heterocycles. The molecule has 0 aliphatic carbocycles. The van der Waals surface area contributed by atoms with Gasteiger partial charge in [-0.15, -0.1) is 0 Å². The van der Waals surface area contributed by atoms with Gasteiger partial charge in [0.2, 0.25) is 11.8 Å². The van der Waals surface area contributed by atoms with Crippen molar-refractivity contribution >= 4 is 23.6 Å². The van der Waals surface area contributed by atoms with Crippen molar-refractivity contribution in [3.8, 4) is 11.1 Å². The Morgan fingerprint density at radius 3 is 2.07 bits per heavy atom. The SMILES string of the molecule is O=C(O)CC(NC(=O)[C@H](Cc1ccccc1)NC(=O)CCCNc1ccccn1)c1ccc(-c2ccccc2)cc1. The molecule has 3 aromatic carbocycles. The summed E-state index contributed by atoms with van der Waals surface area (Å²) in [5.74, 6) is -1.000. The second-order valence-electron chi connectivity index (χ2n) is 9.70. The predicted octanol–water partition coefficient (Wildman–Crippen LogP) is 5.00. The Hall–Kier alpha value is -4.98. The third-order valence-corrected chi connectivity index (χ3v) is 6.60. The Bertz CT molecular complexity index is 1400. The number of hydrogen-bond donors (Lipinski definition) is 4. The van der Waals surface area contributed by atoms with Crippen molar-refractivity contribution in [3.05, 3.63) is 120 Å². The molecule has 2 amide bonds. The van der Waals surface area contributed by atoms with Crippen molar-refractivity contribution in [2.24, 2.45) is 0 Å². The van der Waals surface area contributed by atoms with Crippen LogP contribution in [0.4, 0.5) is 5.82 Å². The summed E-state index contributed by atoms with van der Waals surface area (Å²) in [6.07, 6.45) is 2.45. The quantitative estimate of drug-likeness (QED) is 0.164. The number of benzene rings is 3. The maximum atomic E-state index is 13.5. The summed E-state index contributed by atoms with van der Waals surface area (Å²) in [5.41, 5.74) is 3.58. The van der Waals surface area contributed by atoms with Crippen molar-refractivity contribution in [1.29, 1.82) is 0 Å². The number of nitrogens with one attached hydrogen (secondary N) is 3. The molecular weight excluding hydrogens is 516 g/mol. The van der Waals surface area contributed by atoms with E-state index in [1.807, 2.05) is 103 Å². The zero-order valence-electron chi connectivity index (χ0n) is 22.7. The first-order valence-corrected chi connectivity index (χ1v) is 13.6. The summed E-state index contributed by atoms with van der Waals surface area (Å²) in [6.45, 7) is 0.555. The van der Waals surface area contributed by atoms with E-state index < -0.39 is 24.0 Å². The van der Waals surface area contributed by atoms with E-state index in [0.717, 1.165) is 22.5 Å². The first-order valence-electron chi connectivity index (χ1n) is 13.6. The minimum absolute atomic E-state index is 0.220. The van der Waals surface area contributed by atoms with Crippen LogP contribution in [0.1, 0.15) is 36.4 Å². The Morgan fingerprint density at radius 2 is 1.41 bits per heavy atom. The van der Waals surface area contributed by atoms with Gasteiger partial charge in [-0.3, -0.25) is 14.4 Å². The smallest absolute Gasteiger partial charge is 0.305 e. The van der Waals surface area contributed by atoms with Crippen LogP contribution < -0.4 is 16.0 Å². The third-order valence-electron chi connectivity index (χ3n) is 6.60. The molecule has 41 heavy (non-hydrogen) atoms. The number of nitrogens with zero attached hydrogens (tertiary/aromatic N) is 1. The summed E-state index contributed by atoms with van der Waals surface area (Å²) in [5, 5.41) is 18.5. The van der Waals surface area contributed by atoms with Crippen LogP contribution >= 0.6 is 0 Å². The van der Waals surface area contributed by atoms with E-state index in [2.05, 4.69) is 20.9 Å². The van der Waals surface area contributed by atoms with Crippen LogP contribution in [-0.2, 0) is 20.8 Å². The molecule has 0 fully saturated rings. The van der Waals surface area contributed by atoms with Gasteiger partial charge >= 0.3 is 5.97 Å². The summed E-state index contributed by atoms with van der Waals surface area (Å²) in [6, 6.07) is 30.7. The minimum Gasteiger partial charge on any atom is -0.481 e. The van der Waals surface area contributed by atoms with E-state index in [0.29, 0.717) is 18.5 Å². The van der Waals surface area contributed by atoms with E-state index in [4.69, 9.17) is 0 Å². The van der Waals surface area contributed by atoms with E-state index >= 15 is 0 Å². The Labute approximate surface area is 239 Å². The van der Waals surface area contributed by atoms with Gasteiger partial charge in [0.05, 0.1) is 12.5 Å². The van der Waals surface area contributed by atoms with Gasteiger partial charge in [0.15, 0.2) is 0 Å². The fraction of sp³-hybridized carbons (Fsp3) is 0.212. The van der Waals surface area contributed by atoms with Crippen LogP contribution in [0, 0.1) is 0 Å². The number of carbonyl (C=O) groups excluding carboxylic acids is 2. The topological polar surface area (TPSA) is 120 Å². The van der Waals surface area contributed by atoms with Crippen LogP contribution in [0.25, 0.3) is 11.1 Å². The molecule has 4 rings (SSSR count). The van der Waals surface area contributed by atoms with Crippen LogP contribution in [0.5, 0.6) is 0 Å². The van der Waals surface area contributed by atoms with Gasteiger partial charge in [0.25, 0.3) is 0 Å². The second-order valence-corrected chi connectivity index (χ2v) is 9.70. The number of aromatic nitrogens is 1. The number of pyridine rings is 1. The summed E-state index contributed by atoms with van der Waals surface area (Å²) < 4.78 is 0. The normalized spacial score (nSPS) is 12.1. The molecule has 0 aliphatic rings. The number of rotatable bonds is 14. The predicted molar refractivity (Wildman–Crippen MR) is 159 cm³/mol. The van der Waals surface area contributed by atoms with Gasteiger partial charge in [-0.25, -0.2) is 4.98 Å². The van der Waals surface area contributed by atoms with E-state index in [-0.39, 0.29) is 25.2 Å². The van der Waals surface area contributed by atoms with Gasteiger partial charge in [-0.05, 0) is 40.8 Å². The van der Waals surface area contributed by atoms with Crippen LogP contribution in [-0.4, -0.2) is 40.5 Å². The minimum atomic E-state index is -1.04. The van der Waals surface area contributed by atoms with Crippen molar-refractivity contribution in [1.82, 2.24) is 15.6 Å². The standard InChI is InChI=1S/C33H34N4O4/c38-31(15-9-21-35-30-14-7-8-20-34-30)36-29(22-24-10-3-1-4-11-24)33(41)37-28(23-32(39)40)27-18-16-26(17-19-27)25-12-5-2-6-13-25/h1-8,10-14,16-20,28-29H,9,15,21-23H2,(H,34,35)(H,36,38)(H,37,41)(H,39,40)/t28?,29-/m0/s1. The summed E-state index contributed by atoms with van der Waals surface area (Å²) in [4.78, 5) is 42.3. The van der Waals surface area contributed by atoms with Gasteiger partial charge in [-0.2, -0.15) is 0 Å². The number of carbonyl (C=O) groups is 3. The molecule has 1 heterocycles. The number of hydrogen-bond acceptors (Lipinski definition) is 5. The van der Waals surface area contributed by atoms with E-state index in [1.54, 1.807) is 6.20 Å². The highest BCUT2D eigenvalue weighted by molar-refractivity contribution is 5.88. The lowest BCUT2D eigenvalue weighted by Gasteiger charge is -2.23. The molecule has 0 spiro atoms. The average molecular weight is 551 g/mol. The monoisotopic (exact) mass is 550 g/mol. The maximum absolute atomic E-state index is 13.5. The van der Waals surface area contributed by atoms with E-state index in [1.165, 1.54) is 0 Å². The first-order chi connectivity index (χ1) is 20.0. The molecule has 8 nitrogen and oxygen atoms in total. The lowest BCUT2D eigenvalue weighted by Crippen LogP contribution is -2.49. The number of aliphatic carboxylic acids is 1. The van der Waals surface area contributed by atoms with Gasteiger partial charge in [0, 0.05) is 25.6 Å². The van der Waals surface area contributed by atoms with Gasteiger partial charge < -0.3 is 21.1 Å². The first kappa shape index (κ1) is 29.0. The van der Waals surface area contributed by atoms with E-state index in [9.17, 15) is 19.5 Å². The van der Waals surface area contributed by atoms with Crippen LogP contribution in [0.15, 0.2) is 109 Å². The molecule has 210 valence electrons. The van der Waals surface area contributed by atoms with Crippen LogP contribution in [0.2, 0.25) is 0 Å². The molecule has 0 aliphatic heterocycles. The zero-order chi connectivity index (χ0) is 28.9. The number of carboxylic acids is 1. The second kappa shape index (κ2) is 15.0. The van der Waals surface area contributed by atoms with Gasteiger partial charge in [0.1, 0.15) is 11.9 Å². The fourth-order valence-corrected chi connectivity index (χ4v) is 4.50. The van der Waals surface area contributed by atoms with Crippen molar-refractivity contribution in [2.75, 3.05) is 11.9 Å². The fourth-order valence-electron chi connectivity index (χ4n) is 4.50. The average Bonchev–Trinajstić information content (AvgIpc) is 3.00. The lowest BCUT2D eigenvalue weighted by atomic mass is 9.98. The highest BCUT2D eigenvalue weighted by Crippen LogP contribution is 2.24. The highest BCUT2D eigenvalue weighted by Gasteiger charge is 2.26. The number of anilines is 1. The Morgan fingerprint density at radius 1 is 0.756 bits per heavy atom. The highest BCUT2D eigenvalue weighted by atomic mass is 16.4. The molecule has 4 N–H and O–H groups in total. The largest absolute Gasteiger partial charge is 0.481 e. The van der Waals surface area contributed by atoms with Crippen LogP contribution in [0.3, 0.4) is 0 Å². The maximum Gasteiger partial charge on any atom is 0.305 e. The summed E-state index contributed by atoms with van der Waals surface area (Å²) >= 11 is 0. The van der Waals surface area contributed by atoms with Gasteiger partial charge in [-0.1, -0.05) is 91.0 Å². The summed E-state index contributed by atoms with van der Waals surface area (Å²) in [7, 11) is 0. The van der Waals surface area contributed by atoms with Crippen molar-refractivity contribution in [3.63, 3.8) is 0 Å². The Kier molecular flexibility index (Phi) is 10.6. The number of carboxylic acid groups (broad SMARTS) is 1. The molecule has 2 atom stereocenters. The molecule has 1 unspecified atom stereocenters. The molecule has 8 heteroatoms. The zero-order valence-corrected chi connectivity index (χ0v) is 22.7. The molecular formula is C33H34N4O4. The molecule has 4 aromatic rings. The van der Waals surface area contributed by atoms with Crippen molar-refractivity contribution in [2.45, 2.75) is 37.8 Å². The number of amides is 2. The Balaban J connectivity index is 1.42. The lowest BCUT2D eigenvalue weighted by molar-refractivity contribution is -0.138. The molecule has 0 saturated heterocycles. The molecule has 0 radical (unpaired) electrons.